The molecular weight excluding hydrogens is 280 g/mol. The number of aryl methyl sites for hydroxylation is 1. The Labute approximate surface area is 127 Å². The van der Waals surface area contributed by atoms with E-state index in [0.717, 1.165) is 39.9 Å². The van der Waals surface area contributed by atoms with E-state index in [1.165, 1.54) is 0 Å². The number of imidazole rings is 1. The molecule has 0 saturated heterocycles. The summed E-state index contributed by atoms with van der Waals surface area (Å²) in [6.45, 7) is 3.13. The monoisotopic (exact) mass is 296 g/mol. The van der Waals surface area contributed by atoms with Crippen molar-refractivity contribution in [3.05, 3.63) is 36.3 Å². The molecule has 0 unspecified atom stereocenters. The van der Waals surface area contributed by atoms with Gasteiger partial charge in [-0.1, -0.05) is 0 Å². The summed E-state index contributed by atoms with van der Waals surface area (Å²) in [4.78, 5) is 9.13. The highest BCUT2D eigenvalue weighted by molar-refractivity contribution is 5.77. The van der Waals surface area contributed by atoms with Crippen molar-refractivity contribution in [2.45, 2.75) is 6.92 Å². The molecule has 0 spiro atoms. The maximum absolute atomic E-state index is 5.66. The molecule has 112 valence electrons. The second-order valence-electron chi connectivity index (χ2n) is 5.14. The van der Waals surface area contributed by atoms with Crippen LogP contribution in [0.5, 0.6) is 11.5 Å². The molecule has 1 N–H and O–H groups in total. The fraction of sp³-hybridized carbons (Fsp3) is 0.250. The second-order valence-corrected chi connectivity index (χ2v) is 5.14. The van der Waals surface area contributed by atoms with Gasteiger partial charge in [0.1, 0.15) is 24.6 Å². The van der Waals surface area contributed by atoms with Gasteiger partial charge in [-0.25, -0.2) is 9.97 Å². The Kier molecular flexibility index (Phi) is 2.89. The molecule has 3 aromatic rings. The summed E-state index contributed by atoms with van der Waals surface area (Å²) >= 11 is 0. The zero-order valence-electron chi connectivity index (χ0n) is 12.5. The molecule has 3 heterocycles. The van der Waals surface area contributed by atoms with E-state index in [9.17, 15) is 0 Å². The van der Waals surface area contributed by atoms with E-state index >= 15 is 0 Å². The van der Waals surface area contributed by atoms with Crippen molar-refractivity contribution in [1.29, 1.82) is 0 Å². The zero-order chi connectivity index (χ0) is 15.1. The highest BCUT2D eigenvalue weighted by Crippen LogP contribution is 2.33. The van der Waals surface area contributed by atoms with Crippen molar-refractivity contribution in [3.8, 4) is 17.2 Å². The van der Waals surface area contributed by atoms with Crippen molar-refractivity contribution in [2.75, 3.05) is 25.6 Å². The molecule has 6 heteroatoms. The number of aromatic nitrogens is 3. The first kappa shape index (κ1) is 12.9. The molecule has 0 amide bonds. The lowest BCUT2D eigenvalue weighted by Gasteiger charge is -2.19. The molecule has 0 saturated carbocycles. The smallest absolute Gasteiger partial charge is 0.164 e. The standard InChI is InChI=1S/C16H16N4O2/c1-10-19-13-7-11(17-2)9-18-16(13)20(10)12-3-4-14-15(8-12)22-6-5-21-14/h3-4,7-9,17H,5-6H2,1-2H3. The Morgan fingerprint density at radius 2 is 1.95 bits per heavy atom. The second kappa shape index (κ2) is 4.91. The SMILES string of the molecule is CNc1cnc2c(c1)nc(C)n2-c1ccc2c(c1)OCCO2. The van der Waals surface area contributed by atoms with Gasteiger partial charge in [-0.05, 0) is 25.1 Å². The van der Waals surface area contributed by atoms with Gasteiger partial charge < -0.3 is 14.8 Å². The molecule has 0 bridgehead atoms. The predicted octanol–water partition coefficient (Wildman–Crippen LogP) is 2.54. The first-order valence-corrected chi connectivity index (χ1v) is 7.19. The number of ether oxygens (including phenoxy) is 2. The lowest BCUT2D eigenvalue weighted by Crippen LogP contribution is -2.15. The molecule has 0 fully saturated rings. The maximum Gasteiger partial charge on any atom is 0.164 e. The highest BCUT2D eigenvalue weighted by Gasteiger charge is 2.16. The Morgan fingerprint density at radius 1 is 1.14 bits per heavy atom. The van der Waals surface area contributed by atoms with E-state index in [-0.39, 0.29) is 0 Å². The molecule has 1 aliphatic rings. The molecule has 0 aliphatic carbocycles. The fourth-order valence-corrected chi connectivity index (χ4v) is 2.70. The molecule has 1 aromatic carbocycles. The number of nitrogens with one attached hydrogen (secondary N) is 1. The Hall–Kier alpha value is -2.76. The summed E-state index contributed by atoms with van der Waals surface area (Å²) < 4.78 is 13.3. The molecule has 0 radical (unpaired) electrons. The summed E-state index contributed by atoms with van der Waals surface area (Å²) in [5.74, 6) is 2.42. The number of hydrogen-bond donors (Lipinski definition) is 1. The average molecular weight is 296 g/mol. The quantitative estimate of drug-likeness (QED) is 0.787. The van der Waals surface area contributed by atoms with E-state index in [1.54, 1.807) is 6.20 Å². The van der Waals surface area contributed by atoms with Crippen LogP contribution in [0.15, 0.2) is 30.5 Å². The minimum atomic E-state index is 0.573. The lowest BCUT2D eigenvalue weighted by atomic mass is 10.2. The van der Waals surface area contributed by atoms with Crippen molar-refractivity contribution in [2.24, 2.45) is 0 Å². The number of fused-ring (bicyclic) bond motifs is 2. The van der Waals surface area contributed by atoms with E-state index in [0.29, 0.717) is 13.2 Å². The van der Waals surface area contributed by atoms with Crippen LogP contribution in [0.25, 0.3) is 16.9 Å². The van der Waals surface area contributed by atoms with Crippen LogP contribution < -0.4 is 14.8 Å². The van der Waals surface area contributed by atoms with Gasteiger partial charge in [0.05, 0.1) is 17.6 Å². The minimum absolute atomic E-state index is 0.573. The van der Waals surface area contributed by atoms with Crippen LogP contribution in [0.2, 0.25) is 0 Å². The van der Waals surface area contributed by atoms with Gasteiger partial charge in [0.25, 0.3) is 0 Å². The summed E-state index contributed by atoms with van der Waals surface area (Å²) in [5, 5.41) is 3.08. The van der Waals surface area contributed by atoms with E-state index in [1.807, 2.05) is 42.8 Å². The normalized spacial score (nSPS) is 13.4. The molecule has 6 nitrogen and oxygen atoms in total. The third-order valence-corrected chi connectivity index (χ3v) is 3.74. The summed E-state index contributed by atoms with van der Waals surface area (Å²) in [5.41, 5.74) is 3.60. The third kappa shape index (κ3) is 1.95. The van der Waals surface area contributed by atoms with Gasteiger partial charge in [-0.2, -0.15) is 0 Å². The Balaban J connectivity index is 1.88. The van der Waals surface area contributed by atoms with Gasteiger partial charge in [0.15, 0.2) is 17.1 Å². The molecule has 1 aliphatic heterocycles. The van der Waals surface area contributed by atoms with Gasteiger partial charge in [-0.15, -0.1) is 0 Å². The number of hydrogen-bond acceptors (Lipinski definition) is 5. The number of nitrogens with zero attached hydrogens (tertiary/aromatic N) is 3. The molecule has 4 rings (SSSR count). The lowest BCUT2D eigenvalue weighted by molar-refractivity contribution is 0.171. The van der Waals surface area contributed by atoms with Crippen LogP contribution in [0.1, 0.15) is 5.82 Å². The summed E-state index contributed by atoms with van der Waals surface area (Å²) in [6, 6.07) is 7.88. The number of anilines is 1. The minimum Gasteiger partial charge on any atom is -0.486 e. The maximum atomic E-state index is 5.66. The zero-order valence-corrected chi connectivity index (χ0v) is 12.5. The third-order valence-electron chi connectivity index (χ3n) is 3.74. The first-order chi connectivity index (χ1) is 10.8. The number of rotatable bonds is 2. The van der Waals surface area contributed by atoms with E-state index in [4.69, 9.17) is 9.47 Å². The van der Waals surface area contributed by atoms with Crippen LogP contribution in [0, 0.1) is 6.92 Å². The van der Waals surface area contributed by atoms with Crippen molar-refractivity contribution >= 4 is 16.9 Å². The van der Waals surface area contributed by atoms with Crippen LogP contribution >= 0.6 is 0 Å². The average Bonchev–Trinajstić information content (AvgIpc) is 2.89. The van der Waals surface area contributed by atoms with Gasteiger partial charge in [0.2, 0.25) is 0 Å². The van der Waals surface area contributed by atoms with Crippen LogP contribution in [0.4, 0.5) is 5.69 Å². The van der Waals surface area contributed by atoms with Crippen LogP contribution in [0.3, 0.4) is 0 Å². The molecule has 22 heavy (non-hydrogen) atoms. The van der Waals surface area contributed by atoms with Crippen LogP contribution in [-0.2, 0) is 0 Å². The van der Waals surface area contributed by atoms with E-state index < -0.39 is 0 Å². The molecule has 0 atom stereocenters. The molecule has 2 aromatic heterocycles. The van der Waals surface area contributed by atoms with Gasteiger partial charge >= 0.3 is 0 Å². The Bertz CT molecular complexity index is 857. The van der Waals surface area contributed by atoms with Crippen molar-refractivity contribution in [1.82, 2.24) is 14.5 Å². The Morgan fingerprint density at radius 3 is 2.77 bits per heavy atom. The summed E-state index contributed by atoms with van der Waals surface area (Å²) in [6.07, 6.45) is 1.80. The van der Waals surface area contributed by atoms with Gasteiger partial charge in [0, 0.05) is 13.1 Å². The van der Waals surface area contributed by atoms with E-state index in [2.05, 4.69) is 15.3 Å². The van der Waals surface area contributed by atoms with Gasteiger partial charge in [-0.3, -0.25) is 4.57 Å². The molecular formula is C16H16N4O2. The first-order valence-electron chi connectivity index (χ1n) is 7.19. The predicted molar refractivity (Wildman–Crippen MR) is 84.1 cm³/mol. The fourth-order valence-electron chi connectivity index (χ4n) is 2.70. The number of pyridine rings is 1. The summed E-state index contributed by atoms with van der Waals surface area (Å²) in [7, 11) is 1.87. The van der Waals surface area contributed by atoms with Crippen molar-refractivity contribution in [3.63, 3.8) is 0 Å². The highest BCUT2D eigenvalue weighted by atomic mass is 16.6. The largest absolute Gasteiger partial charge is 0.486 e. The topological polar surface area (TPSA) is 61.2 Å². The van der Waals surface area contributed by atoms with Crippen LogP contribution in [-0.4, -0.2) is 34.8 Å². The number of benzene rings is 1. The van der Waals surface area contributed by atoms with Crippen molar-refractivity contribution < 1.29 is 9.47 Å².